The van der Waals surface area contributed by atoms with Crippen molar-refractivity contribution in [1.82, 2.24) is 5.32 Å². The first-order chi connectivity index (χ1) is 14.0. The Hall–Kier alpha value is -2.54. The van der Waals surface area contributed by atoms with Crippen LogP contribution in [-0.4, -0.2) is 33.7 Å². The third-order valence-corrected chi connectivity index (χ3v) is 6.34. The Kier molecular flexibility index (Phi) is 7.53. The molecule has 0 aliphatic rings. The van der Waals surface area contributed by atoms with Crippen LogP contribution in [0.3, 0.4) is 0 Å². The highest BCUT2D eigenvalue weighted by atomic mass is 32.2. The van der Waals surface area contributed by atoms with E-state index in [-0.39, 0.29) is 11.9 Å². The van der Waals surface area contributed by atoms with Crippen molar-refractivity contribution in [3.05, 3.63) is 58.7 Å². The largest absolute Gasteiger partial charge is 0.496 e. The van der Waals surface area contributed by atoms with E-state index >= 15 is 0 Å². The Morgan fingerprint density at radius 1 is 1.10 bits per heavy atom. The predicted molar refractivity (Wildman–Crippen MR) is 122 cm³/mol. The second-order valence-corrected chi connectivity index (χ2v) is 9.64. The molecule has 0 unspecified atom stereocenters. The van der Waals surface area contributed by atoms with Gasteiger partial charge >= 0.3 is 0 Å². The van der Waals surface area contributed by atoms with Crippen LogP contribution in [0.5, 0.6) is 5.75 Å². The third kappa shape index (κ3) is 5.53. The number of methoxy groups -OCH3 is 1. The van der Waals surface area contributed by atoms with Crippen molar-refractivity contribution in [1.29, 1.82) is 0 Å². The summed E-state index contributed by atoms with van der Waals surface area (Å²) in [6, 6.07) is 10.2. The lowest BCUT2D eigenvalue weighted by Gasteiger charge is -2.30. The van der Waals surface area contributed by atoms with E-state index in [2.05, 4.69) is 5.32 Å². The smallest absolute Gasteiger partial charge is 0.244 e. The molecule has 7 heteroatoms. The van der Waals surface area contributed by atoms with Gasteiger partial charge in [-0.25, -0.2) is 8.42 Å². The third-order valence-electron chi connectivity index (χ3n) is 5.10. The molecule has 0 bridgehead atoms. The molecule has 0 spiro atoms. The summed E-state index contributed by atoms with van der Waals surface area (Å²) in [6.07, 6.45) is 1.80. The number of carbonyl (C=O) groups is 1. The summed E-state index contributed by atoms with van der Waals surface area (Å²) >= 11 is 0. The van der Waals surface area contributed by atoms with Crippen LogP contribution in [0.15, 0.2) is 36.4 Å². The van der Waals surface area contributed by atoms with E-state index in [1.54, 1.807) is 26.2 Å². The maximum Gasteiger partial charge on any atom is 0.244 e. The summed E-state index contributed by atoms with van der Waals surface area (Å²) in [5.41, 5.74) is 4.29. The van der Waals surface area contributed by atoms with E-state index in [0.29, 0.717) is 12.1 Å². The fourth-order valence-corrected chi connectivity index (χ4v) is 4.88. The van der Waals surface area contributed by atoms with E-state index in [0.717, 1.165) is 34.3 Å². The molecule has 164 valence electrons. The number of hydrogen-bond acceptors (Lipinski definition) is 4. The Balaban J connectivity index is 2.33. The fourth-order valence-electron chi connectivity index (χ4n) is 3.72. The van der Waals surface area contributed by atoms with Crippen molar-refractivity contribution in [3.63, 3.8) is 0 Å². The van der Waals surface area contributed by atoms with Gasteiger partial charge in [-0.05, 0) is 74.6 Å². The minimum absolute atomic E-state index is 0.231. The van der Waals surface area contributed by atoms with Gasteiger partial charge in [-0.1, -0.05) is 25.1 Å². The monoisotopic (exact) mass is 432 g/mol. The average molecular weight is 433 g/mol. The van der Waals surface area contributed by atoms with E-state index in [1.807, 2.05) is 52.0 Å². The van der Waals surface area contributed by atoms with Crippen molar-refractivity contribution in [2.45, 2.75) is 53.1 Å². The molecule has 2 atom stereocenters. The number of carbonyl (C=O) groups excluding carboxylic acids is 1. The molecule has 0 heterocycles. The number of ether oxygens (including phenoxy) is 1. The van der Waals surface area contributed by atoms with Crippen molar-refractivity contribution in [2.24, 2.45) is 0 Å². The Morgan fingerprint density at radius 3 is 2.17 bits per heavy atom. The highest BCUT2D eigenvalue weighted by molar-refractivity contribution is 7.92. The lowest BCUT2D eigenvalue weighted by atomic mass is 10.0. The fraction of sp³-hybridized carbons (Fsp3) is 0.435. The van der Waals surface area contributed by atoms with Crippen LogP contribution in [-0.2, 0) is 14.8 Å². The highest BCUT2D eigenvalue weighted by Gasteiger charge is 2.30. The molecule has 2 aromatic rings. The minimum atomic E-state index is -3.66. The van der Waals surface area contributed by atoms with Crippen LogP contribution in [0.2, 0.25) is 0 Å². The molecule has 1 N–H and O–H groups in total. The molecule has 2 aromatic carbocycles. The van der Waals surface area contributed by atoms with E-state index in [1.165, 1.54) is 4.31 Å². The quantitative estimate of drug-likeness (QED) is 0.683. The number of rotatable bonds is 8. The van der Waals surface area contributed by atoms with Crippen LogP contribution in [0, 0.1) is 20.8 Å². The SMILES string of the molecule is CC[C@@H](NC(=O)[C@H](C)N(c1cc(C)cc(C)c1)S(C)(=O)=O)c1ccc(OC)c(C)c1. The normalized spacial score (nSPS) is 13.4. The number of nitrogens with one attached hydrogen (secondary N) is 1. The molecule has 0 saturated carbocycles. The molecule has 0 fully saturated rings. The summed E-state index contributed by atoms with van der Waals surface area (Å²) < 4.78 is 31.6. The second-order valence-electron chi connectivity index (χ2n) is 7.78. The van der Waals surface area contributed by atoms with Gasteiger partial charge in [0.25, 0.3) is 0 Å². The van der Waals surface area contributed by atoms with Crippen molar-refractivity contribution in [2.75, 3.05) is 17.7 Å². The first kappa shape index (κ1) is 23.7. The number of aryl methyl sites for hydroxylation is 3. The maximum absolute atomic E-state index is 13.1. The topological polar surface area (TPSA) is 75.7 Å². The van der Waals surface area contributed by atoms with Gasteiger partial charge in [-0.3, -0.25) is 9.10 Å². The molecule has 2 rings (SSSR count). The van der Waals surface area contributed by atoms with Gasteiger partial charge < -0.3 is 10.1 Å². The predicted octanol–water partition coefficient (Wildman–Crippen LogP) is 4.04. The van der Waals surface area contributed by atoms with Crippen LogP contribution < -0.4 is 14.4 Å². The van der Waals surface area contributed by atoms with E-state index < -0.39 is 16.1 Å². The van der Waals surface area contributed by atoms with Gasteiger partial charge in [-0.15, -0.1) is 0 Å². The summed E-state index contributed by atoms with van der Waals surface area (Å²) in [6.45, 7) is 9.35. The first-order valence-corrected chi connectivity index (χ1v) is 11.8. The minimum Gasteiger partial charge on any atom is -0.496 e. The molecule has 30 heavy (non-hydrogen) atoms. The van der Waals surface area contributed by atoms with E-state index in [4.69, 9.17) is 4.74 Å². The lowest BCUT2D eigenvalue weighted by Crippen LogP contribution is -2.48. The standard InChI is InChI=1S/C23H32N2O4S/c1-8-21(19-9-10-22(29-6)17(4)14-19)24-23(26)18(5)25(30(7,27)28)20-12-15(2)11-16(3)13-20/h9-14,18,21H,8H2,1-7H3,(H,24,26)/t18-,21+/m0/s1. The number of sulfonamides is 1. The second kappa shape index (κ2) is 9.51. The number of nitrogens with zero attached hydrogens (tertiary/aromatic N) is 1. The maximum atomic E-state index is 13.1. The van der Waals surface area contributed by atoms with Gasteiger partial charge in [0.15, 0.2) is 0 Å². The van der Waals surface area contributed by atoms with Crippen LogP contribution in [0.25, 0.3) is 0 Å². The molecule has 0 aliphatic heterocycles. The Morgan fingerprint density at radius 2 is 1.70 bits per heavy atom. The summed E-state index contributed by atoms with van der Waals surface area (Å²) in [4.78, 5) is 13.1. The van der Waals surface area contributed by atoms with Gasteiger partial charge in [0.05, 0.1) is 25.1 Å². The number of benzene rings is 2. The van der Waals surface area contributed by atoms with Crippen LogP contribution >= 0.6 is 0 Å². The summed E-state index contributed by atoms with van der Waals surface area (Å²) in [5, 5.41) is 3.01. The zero-order chi connectivity index (χ0) is 22.6. The van der Waals surface area contributed by atoms with Crippen molar-refractivity contribution < 1.29 is 17.9 Å². The molecule has 0 aromatic heterocycles. The van der Waals surface area contributed by atoms with Crippen LogP contribution in [0.4, 0.5) is 5.69 Å². The molecular weight excluding hydrogens is 400 g/mol. The lowest BCUT2D eigenvalue weighted by molar-refractivity contribution is -0.122. The Labute approximate surface area is 180 Å². The molecule has 1 amide bonds. The summed E-state index contributed by atoms with van der Waals surface area (Å²) in [7, 11) is -2.04. The van der Waals surface area contributed by atoms with Crippen molar-refractivity contribution >= 4 is 21.6 Å². The van der Waals surface area contributed by atoms with E-state index in [9.17, 15) is 13.2 Å². The zero-order valence-corrected chi connectivity index (χ0v) is 19.6. The molecule has 6 nitrogen and oxygen atoms in total. The van der Waals surface area contributed by atoms with Gasteiger partial charge in [0.2, 0.25) is 15.9 Å². The van der Waals surface area contributed by atoms with Gasteiger partial charge in [0.1, 0.15) is 11.8 Å². The summed E-state index contributed by atoms with van der Waals surface area (Å²) in [5.74, 6) is 0.436. The molecule has 0 saturated heterocycles. The first-order valence-electron chi connectivity index (χ1n) is 10.0. The molecule has 0 radical (unpaired) electrons. The molecule has 0 aliphatic carbocycles. The van der Waals surface area contributed by atoms with Crippen molar-refractivity contribution in [3.8, 4) is 5.75 Å². The number of anilines is 1. The van der Waals surface area contributed by atoms with Gasteiger partial charge in [-0.2, -0.15) is 0 Å². The Bertz CT molecular complexity index is 998. The number of hydrogen-bond donors (Lipinski definition) is 1. The average Bonchev–Trinajstić information content (AvgIpc) is 2.63. The molecular formula is C23H32N2O4S. The number of amides is 1. The van der Waals surface area contributed by atoms with Crippen LogP contribution in [0.1, 0.15) is 48.6 Å². The van der Waals surface area contributed by atoms with Gasteiger partial charge in [0, 0.05) is 0 Å². The zero-order valence-electron chi connectivity index (χ0n) is 18.8. The highest BCUT2D eigenvalue weighted by Crippen LogP contribution is 2.26.